The fourth-order valence-electron chi connectivity index (χ4n) is 0. The number of rotatable bonds is 0. The van der Waals surface area contributed by atoms with Gasteiger partial charge in [-0.25, -0.2) is 0 Å². The van der Waals surface area contributed by atoms with Gasteiger partial charge in [-0.1, -0.05) is 20.8 Å². The number of hydrogen-bond acceptors (Lipinski definition) is 2. The third kappa shape index (κ3) is 16.9. The van der Waals surface area contributed by atoms with Crippen LogP contribution in [0.15, 0.2) is 0 Å². The third-order valence-corrected chi connectivity index (χ3v) is 0.474. The summed E-state index contributed by atoms with van der Waals surface area (Å²) >= 11 is 0. The second-order valence-electron chi connectivity index (χ2n) is 2.72. The van der Waals surface area contributed by atoms with Crippen LogP contribution in [0.1, 0.15) is 20.8 Å². The molecule has 0 radical (unpaired) electrons. The molecule has 0 aliphatic carbocycles. The fourth-order valence-corrected chi connectivity index (χ4v) is 0. The van der Waals surface area contributed by atoms with E-state index < -0.39 is 0 Å². The molecule has 0 aliphatic rings. The molecule has 0 aromatic carbocycles. The smallest absolute Gasteiger partial charge is 0.0479 e. The highest BCUT2D eigenvalue weighted by Crippen LogP contribution is 2.09. The van der Waals surface area contributed by atoms with Crippen molar-refractivity contribution in [1.82, 2.24) is 6.15 Å². The predicted octanol–water partition coefficient (Wildman–Crippen LogP) is 1.22. The molecular weight excluding hydrogens is 106 g/mol. The molecule has 0 aromatic heterocycles. The number of aliphatic hydroxyl groups is 1. The van der Waals surface area contributed by atoms with E-state index in [2.05, 4.69) is 0 Å². The van der Waals surface area contributed by atoms with E-state index in [-0.39, 0.29) is 23.6 Å². The molecule has 8 heavy (non-hydrogen) atoms. The zero-order valence-electron chi connectivity index (χ0n) is 6.10. The van der Waals surface area contributed by atoms with Crippen molar-refractivity contribution in [2.45, 2.75) is 20.8 Å². The van der Waals surface area contributed by atoms with E-state index >= 15 is 0 Å². The summed E-state index contributed by atoms with van der Waals surface area (Å²) in [7, 11) is 0. The summed E-state index contributed by atoms with van der Waals surface area (Å²) in [6.07, 6.45) is 0. The average molecular weight is 123 g/mol. The lowest BCUT2D eigenvalue weighted by Crippen LogP contribution is -2.09. The van der Waals surface area contributed by atoms with Gasteiger partial charge in [0, 0.05) is 6.61 Å². The standard InChI is InChI=1S/C5H12O.H3N.H2O/c1-5(2,3)4-6;;/h6H,4H2,1-3H3;1H3;1H2. The van der Waals surface area contributed by atoms with Gasteiger partial charge in [0.05, 0.1) is 0 Å². The molecule has 0 spiro atoms. The molecule has 3 heteroatoms. The molecule has 6 N–H and O–H groups in total. The van der Waals surface area contributed by atoms with Gasteiger partial charge in [-0.05, 0) is 5.41 Å². The van der Waals surface area contributed by atoms with Crippen molar-refractivity contribution in [3.63, 3.8) is 0 Å². The normalized spacial score (nSPS) is 9.00. The van der Waals surface area contributed by atoms with Crippen LogP contribution in [0.5, 0.6) is 0 Å². The number of quaternary nitrogens is 1. The van der Waals surface area contributed by atoms with E-state index in [9.17, 15) is 0 Å². The van der Waals surface area contributed by atoms with Crippen LogP contribution in [0.3, 0.4) is 0 Å². The van der Waals surface area contributed by atoms with Crippen molar-refractivity contribution >= 4 is 0 Å². The van der Waals surface area contributed by atoms with Crippen molar-refractivity contribution < 1.29 is 10.6 Å². The van der Waals surface area contributed by atoms with E-state index in [1.54, 1.807) is 0 Å². The molecule has 0 unspecified atom stereocenters. The Kier molecular flexibility index (Phi) is 9.84. The summed E-state index contributed by atoms with van der Waals surface area (Å²) < 4.78 is 0. The van der Waals surface area contributed by atoms with Crippen LogP contribution in [0, 0.1) is 5.41 Å². The Bertz CT molecular complexity index is 40.2. The first-order valence-corrected chi connectivity index (χ1v) is 2.17. The lowest BCUT2D eigenvalue weighted by molar-refractivity contribution is 0.177. The highest BCUT2D eigenvalue weighted by atomic mass is 16.3. The SMILES string of the molecule is CC(C)(C)CO.[NH4+].[OH-]. The maximum atomic E-state index is 8.40. The van der Waals surface area contributed by atoms with Crippen LogP contribution in [0.4, 0.5) is 0 Å². The van der Waals surface area contributed by atoms with E-state index in [0.717, 1.165) is 0 Å². The maximum Gasteiger partial charge on any atom is 0.0479 e. The van der Waals surface area contributed by atoms with Crippen molar-refractivity contribution in [3.8, 4) is 0 Å². The molecule has 0 saturated heterocycles. The Morgan fingerprint density at radius 1 is 1.25 bits per heavy atom. The first-order chi connectivity index (χ1) is 2.56. The zero-order chi connectivity index (χ0) is 5.21. The van der Waals surface area contributed by atoms with Crippen LogP contribution >= 0.6 is 0 Å². The zero-order valence-corrected chi connectivity index (χ0v) is 6.10. The van der Waals surface area contributed by atoms with Gasteiger partial charge >= 0.3 is 0 Å². The van der Waals surface area contributed by atoms with Gasteiger partial charge in [0.25, 0.3) is 0 Å². The van der Waals surface area contributed by atoms with Gasteiger partial charge in [-0.15, -0.1) is 0 Å². The molecule has 0 bridgehead atoms. The van der Waals surface area contributed by atoms with Gasteiger partial charge in [-0.3, -0.25) is 0 Å². The van der Waals surface area contributed by atoms with Crippen LogP contribution in [-0.4, -0.2) is 17.2 Å². The minimum Gasteiger partial charge on any atom is -0.870 e. The van der Waals surface area contributed by atoms with Gasteiger partial charge in [0.2, 0.25) is 0 Å². The number of aliphatic hydroxyl groups excluding tert-OH is 1. The van der Waals surface area contributed by atoms with Crippen LogP contribution in [0.25, 0.3) is 0 Å². The van der Waals surface area contributed by atoms with Crippen LogP contribution < -0.4 is 6.15 Å². The second-order valence-corrected chi connectivity index (χ2v) is 2.72. The topological polar surface area (TPSA) is 86.7 Å². The first kappa shape index (κ1) is 15.7. The third-order valence-electron chi connectivity index (χ3n) is 0.474. The number of hydrogen-bond donors (Lipinski definition) is 2. The van der Waals surface area contributed by atoms with Crippen molar-refractivity contribution in [2.75, 3.05) is 6.61 Å². The fraction of sp³-hybridized carbons (Fsp3) is 1.00. The van der Waals surface area contributed by atoms with E-state index in [0.29, 0.717) is 0 Å². The highest BCUT2D eigenvalue weighted by molar-refractivity contribution is 4.55. The monoisotopic (exact) mass is 123 g/mol. The van der Waals surface area contributed by atoms with Gasteiger partial charge in [-0.2, -0.15) is 0 Å². The van der Waals surface area contributed by atoms with Gasteiger partial charge < -0.3 is 16.7 Å². The second kappa shape index (κ2) is 5.03. The molecule has 3 nitrogen and oxygen atoms in total. The van der Waals surface area contributed by atoms with E-state index in [4.69, 9.17) is 5.11 Å². The highest BCUT2D eigenvalue weighted by Gasteiger charge is 2.05. The van der Waals surface area contributed by atoms with Crippen LogP contribution in [-0.2, 0) is 0 Å². The Hall–Kier alpha value is -0.120. The Labute approximate surface area is 50.6 Å². The molecular formula is C5H17NO2. The summed E-state index contributed by atoms with van der Waals surface area (Å²) in [6.45, 7) is 6.25. The van der Waals surface area contributed by atoms with Crippen molar-refractivity contribution in [2.24, 2.45) is 5.41 Å². The molecule has 0 aromatic rings. The first-order valence-electron chi connectivity index (χ1n) is 2.17. The summed E-state index contributed by atoms with van der Waals surface area (Å²) in [5, 5.41) is 8.40. The predicted molar refractivity (Wildman–Crippen MR) is 34.5 cm³/mol. The van der Waals surface area contributed by atoms with Crippen LogP contribution in [0.2, 0.25) is 0 Å². The summed E-state index contributed by atoms with van der Waals surface area (Å²) in [5.41, 5.74) is 0.0972. The largest absolute Gasteiger partial charge is 0.870 e. The molecule has 0 aliphatic heterocycles. The molecule has 0 heterocycles. The molecule has 0 fully saturated rings. The lowest BCUT2D eigenvalue weighted by Gasteiger charge is -2.11. The summed E-state index contributed by atoms with van der Waals surface area (Å²) in [5.74, 6) is 0. The minimum absolute atomic E-state index is 0. The molecule has 0 atom stereocenters. The summed E-state index contributed by atoms with van der Waals surface area (Å²) in [6, 6.07) is 0. The van der Waals surface area contributed by atoms with Gasteiger partial charge in [0.15, 0.2) is 0 Å². The van der Waals surface area contributed by atoms with Crippen molar-refractivity contribution in [1.29, 1.82) is 0 Å². The quantitative estimate of drug-likeness (QED) is 0.507. The minimum atomic E-state index is 0. The Morgan fingerprint density at radius 2 is 1.38 bits per heavy atom. The molecule has 0 saturated carbocycles. The van der Waals surface area contributed by atoms with Crippen molar-refractivity contribution in [3.05, 3.63) is 0 Å². The Balaban J connectivity index is -0.000000125. The maximum absolute atomic E-state index is 8.40. The Morgan fingerprint density at radius 3 is 1.38 bits per heavy atom. The lowest BCUT2D eigenvalue weighted by atomic mass is 9.99. The average Bonchev–Trinajstić information content (AvgIpc) is 1.35. The molecule has 54 valence electrons. The molecule has 0 rings (SSSR count). The summed E-state index contributed by atoms with van der Waals surface area (Å²) in [4.78, 5) is 0. The molecule has 0 amide bonds. The van der Waals surface area contributed by atoms with E-state index in [1.807, 2.05) is 20.8 Å². The van der Waals surface area contributed by atoms with Gasteiger partial charge in [0.1, 0.15) is 0 Å². The van der Waals surface area contributed by atoms with E-state index in [1.165, 1.54) is 0 Å².